The number of carbonyl (C=O) groups is 1. The van der Waals surface area contributed by atoms with Gasteiger partial charge < -0.3 is 4.74 Å². The van der Waals surface area contributed by atoms with Crippen LogP contribution in [0.4, 0.5) is 11.6 Å². The van der Waals surface area contributed by atoms with Crippen molar-refractivity contribution < 1.29 is 9.53 Å². The van der Waals surface area contributed by atoms with Crippen LogP contribution in [0.1, 0.15) is 30.2 Å². The summed E-state index contributed by atoms with van der Waals surface area (Å²) in [6.45, 7) is 4.04. The third kappa shape index (κ3) is 2.08. The molecule has 0 aliphatic carbocycles. The Bertz CT molecular complexity index is 720. The van der Waals surface area contributed by atoms with E-state index in [1.54, 1.807) is 6.07 Å². The van der Waals surface area contributed by atoms with Gasteiger partial charge >= 0.3 is 5.97 Å². The first kappa shape index (κ1) is 13.4. The number of aromatic nitrogens is 3. The predicted molar refractivity (Wildman–Crippen MR) is 78.4 cm³/mol. The summed E-state index contributed by atoms with van der Waals surface area (Å²) in [4.78, 5) is 18.2. The van der Waals surface area contributed by atoms with Crippen LogP contribution in [0.25, 0.3) is 0 Å². The van der Waals surface area contributed by atoms with Crippen LogP contribution in [-0.2, 0) is 4.74 Å². The maximum atomic E-state index is 12.0. The first-order valence-electron chi connectivity index (χ1n) is 6.69. The lowest BCUT2D eigenvalue weighted by molar-refractivity contribution is 0.0601. The normalized spacial score (nSPS) is 17.2. The van der Waals surface area contributed by atoms with Crippen molar-refractivity contribution in [3.63, 3.8) is 0 Å². The smallest absolute Gasteiger partial charge is 0.339 e. The molecule has 1 aromatic carbocycles. The van der Waals surface area contributed by atoms with E-state index in [9.17, 15) is 4.79 Å². The summed E-state index contributed by atoms with van der Waals surface area (Å²) in [7, 11) is 1.38. The summed E-state index contributed by atoms with van der Waals surface area (Å²) in [6, 6.07) is 7.44. The summed E-state index contributed by atoms with van der Waals surface area (Å²) in [5, 5.41) is 4.25. The molecule has 6 heteroatoms. The van der Waals surface area contributed by atoms with E-state index in [1.807, 2.05) is 41.6 Å². The van der Waals surface area contributed by atoms with Crippen molar-refractivity contribution in [2.24, 2.45) is 0 Å². The molecule has 2 aromatic rings. The predicted octanol–water partition coefficient (Wildman–Crippen LogP) is 2.68. The number of ether oxygens (including phenoxy) is 1. The minimum atomic E-state index is -0.372. The molecule has 0 saturated heterocycles. The van der Waals surface area contributed by atoms with Crippen LogP contribution in [0.2, 0.25) is 0 Å². The molecule has 0 radical (unpaired) electrons. The highest BCUT2D eigenvalue weighted by molar-refractivity contribution is 5.97. The summed E-state index contributed by atoms with van der Waals surface area (Å²) in [5.41, 5.74) is 2.23. The zero-order valence-corrected chi connectivity index (χ0v) is 12.1. The Labute approximate surface area is 122 Å². The Balaban J connectivity index is 2.17. The highest BCUT2D eigenvalue weighted by atomic mass is 16.5. The molecule has 1 aromatic heterocycles. The van der Waals surface area contributed by atoms with Crippen LogP contribution < -0.4 is 4.90 Å². The fraction of sp³-hybridized carbons (Fsp3) is 0.267. The number of methoxy groups -OCH3 is 1. The summed E-state index contributed by atoms with van der Waals surface area (Å²) in [5.74, 6) is 0.321. The van der Waals surface area contributed by atoms with E-state index in [-0.39, 0.29) is 12.0 Å². The number of nitrogens with zero attached hydrogens (tertiary/aromatic N) is 4. The average molecular weight is 284 g/mol. The second-order valence-electron chi connectivity index (χ2n) is 4.90. The van der Waals surface area contributed by atoms with Crippen molar-refractivity contribution in [3.8, 4) is 0 Å². The molecule has 2 heterocycles. The van der Waals surface area contributed by atoms with Crippen molar-refractivity contribution in [1.82, 2.24) is 14.8 Å². The number of hydrogen-bond donors (Lipinski definition) is 0. The first-order valence-corrected chi connectivity index (χ1v) is 6.69. The fourth-order valence-electron chi connectivity index (χ4n) is 2.59. The van der Waals surface area contributed by atoms with E-state index in [4.69, 9.17) is 4.74 Å². The molecular weight excluding hydrogens is 268 g/mol. The van der Waals surface area contributed by atoms with E-state index < -0.39 is 0 Å². The fourth-order valence-corrected chi connectivity index (χ4v) is 2.59. The molecule has 0 bridgehead atoms. The van der Waals surface area contributed by atoms with Gasteiger partial charge in [-0.25, -0.2) is 9.48 Å². The first-order chi connectivity index (χ1) is 10.1. The van der Waals surface area contributed by atoms with Gasteiger partial charge in [-0.1, -0.05) is 12.1 Å². The van der Waals surface area contributed by atoms with Crippen LogP contribution in [0.3, 0.4) is 0 Å². The molecule has 108 valence electrons. The van der Waals surface area contributed by atoms with E-state index in [0.29, 0.717) is 11.5 Å². The Morgan fingerprint density at radius 2 is 2.10 bits per heavy atom. The monoisotopic (exact) mass is 284 g/mol. The number of benzene rings is 1. The number of esters is 1. The minimum absolute atomic E-state index is 0.129. The van der Waals surface area contributed by atoms with Gasteiger partial charge in [-0.3, -0.25) is 4.90 Å². The van der Waals surface area contributed by atoms with Crippen LogP contribution in [0, 0.1) is 0 Å². The molecule has 6 nitrogen and oxygen atoms in total. The highest BCUT2D eigenvalue weighted by Crippen LogP contribution is 2.36. The Morgan fingerprint density at radius 3 is 2.86 bits per heavy atom. The number of para-hydroxylation sites is 1. The number of fused-ring (bicyclic) bond motifs is 1. The van der Waals surface area contributed by atoms with Crippen LogP contribution >= 0.6 is 0 Å². The van der Waals surface area contributed by atoms with Crippen molar-refractivity contribution in [2.75, 3.05) is 12.0 Å². The molecule has 0 saturated carbocycles. The third-order valence-electron chi connectivity index (χ3n) is 3.53. The lowest BCUT2D eigenvalue weighted by Crippen LogP contribution is -2.27. The second kappa shape index (κ2) is 5.05. The molecule has 0 fully saturated rings. The van der Waals surface area contributed by atoms with Gasteiger partial charge in [-0.15, -0.1) is 0 Å². The van der Waals surface area contributed by atoms with E-state index in [2.05, 4.69) is 16.2 Å². The molecule has 0 N–H and O–H groups in total. The van der Waals surface area contributed by atoms with Crippen LogP contribution in [0.5, 0.6) is 0 Å². The van der Waals surface area contributed by atoms with Gasteiger partial charge in [0.2, 0.25) is 5.95 Å². The zero-order chi connectivity index (χ0) is 15.0. The van der Waals surface area contributed by atoms with Crippen molar-refractivity contribution in [3.05, 3.63) is 47.9 Å². The van der Waals surface area contributed by atoms with Crippen LogP contribution in [0.15, 0.2) is 42.4 Å². The maximum Gasteiger partial charge on any atom is 0.339 e. The van der Waals surface area contributed by atoms with E-state index >= 15 is 0 Å². The summed E-state index contributed by atoms with van der Waals surface area (Å²) in [6.07, 6.45) is 3.60. The molecule has 1 aliphatic heterocycles. The lowest BCUT2D eigenvalue weighted by atomic mass is 10.1. The Morgan fingerprint density at radius 1 is 1.33 bits per heavy atom. The lowest BCUT2D eigenvalue weighted by Gasteiger charge is -2.31. The Kier molecular flexibility index (Phi) is 3.21. The van der Waals surface area contributed by atoms with Crippen molar-refractivity contribution in [1.29, 1.82) is 0 Å². The quantitative estimate of drug-likeness (QED) is 0.793. The maximum absolute atomic E-state index is 12.0. The van der Waals surface area contributed by atoms with Gasteiger partial charge in [-0.2, -0.15) is 10.1 Å². The average Bonchev–Trinajstić information content (AvgIpc) is 2.96. The molecule has 21 heavy (non-hydrogen) atoms. The SMILES string of the molecule is COC(=O)c1ccccc1N1C(C)=CC(C)n2ncnc21. The number of allylic oxidation sites excluding steroid dienone is 2. The molecule has 3 rings (SSSR count). The van der Waals surface area contributed by atoms with Crippen molar-refractivity contribution in [2.45, 2.75) is 19.9 Å². The van der Waals surface area contributed by atoms with Crippen LogP contribution in [-0.4, -0.2) is 27.8 Å². The second-order valence-corrected chi connectivity index (χ2v) is 4.90. The van der Waals surface area contributed by atoms with Gasteiger partial charge in [0, 0.05) is 5.70 Å². The number of rotatable bonds is 2. The molecular formula is C15H16N4O2. The number of carbonyl (C=O) groups excluding carboxylic acids is 1. The number of anilines is 2. The summed E-state index contributed by atoms with van der Waals surface area (Å²) < 4.78 is 6.69. The third-order valence-corrected chi connectivity index (χ3v) is 3.53. The number of hydrogen-bond acceptors (Lipinski definition) is 5. The van der Waals surface area contributed by atoms with Gasteiger partial charge in [0.15, 0.2) is 0 Å². The Hall–Kier alpha value is -2.63. The molecule has 0 amide bonds. The van der Waals surface area contributed by atoms with Gasteiger partial charge in [0.1, 0.15) is 6.33 Å². The standard InChI is InChI=1S/C15H16N4O2/c1-10-8-11(2)19-15(16-9-17-19)18(10)13-7-5-4-6-12(13)14(20)21-3/h4-9,11H,1-3H3. The molecule has 1 atom stereocenters. The molecule has 1 unspecified atom stereocenters. The topological polar surface area (TPSA) is 60.2 Å². The van der Waals surface area contributed by atoms with Gasteiger partial charge in [0.05, 0.1) is 24.4 Å². The molecule has 1 aliphatic rings. The highest BCUT2D eigenvalue weighted by Gasteiger charge is 2.27. The molecule has 0 spiro atoms. The van der Waals surface area contributed by atoms with Crippen molar-refractivity contribution >= 4 is 17.6 Å². The minimum Gasteiger partial charge on any atom is -0.465 e. The zero-order valence-electron chi connectivity index (χ0n) is 12.1. The largest absolute Gasteiger partial charge is 0.465 e. The van der Waals surface area contributed by atoms with Gasteiger partial charge in [0.25, 0.3) is 0 Å². The van der Waals surface area contributed by atoms with E-state index in [1.165, 1.54) is 13.4 Å². The van der Waals surface area contributed by atoms with Gasteiger partial charge in [-0.05, 0) is 32.1 Å². The summed E-state index contributed by atoms with van der Waals surface area (Å²) >= 11 is 0. The van der Waals surface area contributed by atoms with E-state index in [0.717, 1.165) is 11.4 Å².